The molecule has 0 aromatic heterocycles. The van der Waals surface area contributed by atoms with E-state index in [2.05, 4.69) is 16.3 Å². The summed E-state index contributed by atoms with van der Waals surface area (Å²) in [4.78, 5) is 2.58. The van der Waals surface area contributed by atoms with Crippen molar-refractivity contribution in [1.82, 2.24) is 10.2 Å². The molecule has 0 aromatic carbocycles. The molecule has 1 aliphatic carbocycles. The summed E-state index contributed by atoms with van der Waals surface area (Å²) in [6, 6.07) is 2.39. The lowest BCUT2D eigenvalue weighted by atomic mass is 9.75. The van der Waals surface area contributed by atoms with Crippen LogP contribution in [-0.4, -0.2) is 37.1 Å². The van der Waals surface area contributed by atoms with Gasteiger partial charge in [-0.05, 0) is 51.6 Å². The molecular weight excluding hydrogens is 222 g/mol. The Balaban J connectivity index is 1.79. The fourth-order valence-electron chi connectivity index (χ4n) is 3.50. The van der Waals surface area contributed by atoms with E-state index in [9.17, 15) is 5.26 Å². The van der Waals surface area contributed by atoms with Crippen molar-refractivity contribution in [3.63, 3.8) is 0 Å². The van der Waals surface area contributed by atoms with Gasteiger partial charge in [-0.2, -0.15) is 5.26 Å². The number of nitrogens with zero attached hydrogens (tertiary/aromatic N) is 2. The Bertz CT molecular complexity index is 309. The SMILES string of the molecule is CNC(C)(C#N)CCN1CCC2CCCCC2C1. The Kier molecular flexibility index (Phi) is 4.64. The Morgan fingerprint density at radius 3 is 2.67 bits per heavy atom. The molecule has 0 spiro atoms. The molecule has 0 bridgehead atoms. The Morgan fingerprint density at radius 1 is 1.28 bits per heavy atom. The average molecular weight is 249 g/mol. The highest BCUT2D eigenvalue weighted by atomic mass is 15.1. The van der Waals surface area contributed by atoms with Crippen molar-refractivity contribution in [3.8, 4) is 6.07 Å². The van der Waals surface area contributed by atoms with Gasteiger partial charge in [0.1, 0.15) is 5.54 Å². The van der Waals surface area contributed by atoms with Gasteiger partial charge in [0.25, 0.3) is 0 Å². The van der Waals surface area contributed by atoms with E-state index >= 15 is 0 Å². The second kappa shape index (κ2) is 6.04. The van der Waals surface area contributed by atoms with Gasteiger partial charge in [0.15, 0.2) is 0 Å². The zero-order valence-corrected chi connectivity index (χ0v) is 11.9. The van der Waals surface area contributed by atoms with E-state index in [1.54, 1.807) is 0 Å². The van der Waals surface area contributed by atoms with Crippen LogP contribution in [0.3, 0.4) is 0 Å². The van der Waals surface area contributed by atoms with Gasteiger partial charge in [0.05, 0.1) is 6.07 Å². The standard InChI is InChI=1S/C15H27N3/c1-15(12-16,17-2)8-10-18-9-7-13-5-3-4-6-14(13)11-18/h13-14,17H,3-11H2,1-2H3. The van der Waals surface area contributed by atoms with E-state index in [0.29, 0.717) is 0 Å². The van der Waals surface area contributed by atoms with Crippen LogP contribution < -0.4 is 5.32 Å². The molecule has 1 saturated carbocycles. The number of piperidine rings is 1. The Hall–Kier alpha value is -0.590. The first kappa shape index (κ1) is 13.8. The number of likely N-dealkylation sites (tertiary alicyclic amines) is 1. The lowest BCUT2D eigenvalue weighted by Gasteiger charge is -2.42. The molecule has 0 radical (unpaired) electrons. The van der Waals surface area contributed by atoms with Crippen LogP contribution in [0.2, 0.25) is 0 Å². The molecule has 1 saturated heterocycles. The van der Waals surface area contributed by atoms with Crippen molar-refractivity contribution >= 4 is 0 Å². The highest BCUT2D eigenvalue weighted by molar-refractivity contribution is 5.03. The van der Waals surface area contributed by atoms with E-state index in [0.717, 1.165) is 24.8 Å². The van der Waals surface area contributed by atoms with Gasteiger partial charge in [-0.25, -0.2) is 0 Å². The van der Waals surface area contributed by atoms with E-state index in [4.69, 9.17) is 0 Å². The third kappa shape index (κ3) is 3.24. The van der Waals surface area contributed by atoms with Crippen molar-refractivity contribution in [1.29, 1.82) is 5.26 Å². The van der Waals surface area contributed by atoms with Crippen LogP contribution in [0.15, 0.2) is 0 Å². The van der Waals surface area contributed by atoms with E-state index in [-0.39, 0.29) is 5.54 Å². The van der Waals surface area contributed by atoms with Gasteiger partial charge in [0, 0.05) is 13.1 Å². The van der Waals surface area contributed by atoms with Gasteiger partial charge >= 0.3 is 0 Å². The van der Waals surface area contributed by atoms with Crippen LogP contribution in [0.25, 0.3) is 0 Å². The predicted octanol–water partition coefficient (Wildman–Crippen LogP) is 2.39. The molecule has 1 aliphatic heterocycles. The normalized spacial score (nSPS) is 32.3. The van der Waals surface area contributed by atoms with Crippen LogP contribution in [-0.2, 0) is 0 Å². The molecule has 18 heavy (non-hydrogen) atoms. The maximum atomic E-state index is 9.17. The largest absolute Gasteiger partial charge is 0.303 e. The Morgan fingerprint density at radius 2 is 2.00 bits per heavy atom. The van der Waals surface area contributed by atoms with Crippen LogP contribution >= 0.6 is 0 Å². The number of nitrogens with one attached hydrogen (secondary N) is 1. The zero-order chi connectivity index (χ0) is 13.0. The molecular formula is C15H27N3. The van der Waals surface area contributed by atoms with E-state index < -0.39 is 0 Å². The van der Waals surface area contributed by atoms with Crippen LogP contribution in [0, 0.1) is 23.2 Å². The maximum absolute atomic E-state index is 9.17. The highest BCUT2D eigenvalue weighted by Crippen LogP contribution is 2.36. The first-order valence-corrected chi connectivity index (χ1v) is 7.49. The number of nitriles is 1. The molecule has 1 heterocycles. The fourth-order valence-corrected chi connectivity index (χ4v) is 3.50. The summed E-state index contributed by atoms with van der Waals surface area (Å²) in [5, 5.41) is 12.3. The monoisotopic (exact) mass is 249 g/mol. The summed E-state index contributed by atoms with van der Waals surface area (Å²) < 4.78 is 0. The lowest BCUT2D eigenvalue weighted by Crippen LogP contribution is -2.46. The smallest absolute Gasteiger partial charge is 0.104 e. The topological polar surface area (TPSA) is 39.1 Å². The third-order valence-electron chi connectivity index (χ3n) is 5.10. The summed E-state index contributed by atoms with van der Waals surface area (Å²) >= 11 is 0. The highest BCUT2D eigenvalue weighted by Gasteiger charge is 2.31. The van der Waals surface area contributed by atoms with Gasteiger partial charge < -0.3 is 10.2 Å². The molecule has 1 N–H and O–H groups in total. The molecule has 102 valence electrons. The molecule has 3 nitrogen and oxygen atoms in total. The molecule has 2 aliphatic rings. The van der Waals surface area contributed by atoms with Crippen molar-refractivity contribution < 1.29 is 0 Å². The van der Waals surface area contributed by atoms with Crippen LogP contribution in [0.5, 0.6) is 0 Å². The van der Waals surface area contributed by atoms with Crippen LogP contribution in [0.4, 0.5) is 0 Å². The Labute approximate surface area is 112 Å². The summed E-state index contributed by atoms with van der Waals surface area (Å²) in [6.07, 6.45) is 8.09. The van der Waals surface area contributed by atoms with Crippen LogP contribution in [0.1, 0.15) is 45.4 Å². The molecule has 2 fully saturated rings. The second-order valence-corrected chi connectivity index (χ2v) is 6.34. The fraction of sp³-hybridized carbons (Fsp3) is 0.933. The number of fused-ring (bicyclic) bond motifs is 1. The minimum atomic E-state index is -0.358. The van der Waals surface area contributed by atoms with Gasteiger partial charge in [-0.3, -0.25) is 0 Å². The third-order valence-corrected chi connectivity index (χ3v) is 5.10. The second-order valence-electron chi connectivity index (χ2n) is 6.34. The molecule has 2 rings (SSSR count). The average Bonchev–Trinajstić information content (AvgIpc) is 2.44. The molecule has 3 atom stereocenters. The quantitative estimate of drug-likeness (QED) is 0.831. The lowest BCUT2D eigenvalue weighted by molar-refractivity contribution is 0.0826. The summed E-state index contributed by atoms with van der Waals surface area (Å²) in [6.45, 7) is 5.58. The minimum absolute atomic E-state index is 0.358. The van der Waals surface area contributed by atoms with Gasteiger partial charge in [-0.15, -0.1) is 0 Å². The summed E-state index contributed by atoms with van der Waals surface area (Å²) in [5.74, 6) is 1.94. The summed E-state index contributed by atoms with van der Waals surface area (Å²) in [7, 11) is 1.89. The van der Waals surface area contributed by atoms with Crippen molar-refractivity contribution in [2.45, 2.75) is 51.0 Å². The molecule has 0 amide bonds. The van der Waals surface area contributed by atoms with Gasteiger partial charge in [0.2, 0.25) is 0 Å². The predicted molar refractivity (Wildman–Crippen MR) is 74.2 cm³/mol. The summed E-state index contributed by atoms with van der Waals surface area (Å²) in [5.41, 5.74) is -0.358. The van der Waals surface area contributed by atoms with Crippen molar-refractivity contribution in [3.05, 3.63) is 0 Å². The number of rotatable bonds is 4. The van der Waals surface area contributed by atoms with Crippen molar-refractivity contribution in [2.75, 3.05) is 26.7 Å². The number of hydrogen-bond donors (Lipinski definition) is 1. The molecule has 3 unspecified atom stereocenters. The maximum Gasteiger partial charge on any atom is 0.104 e. The van der Waals surface area contributed by atoms with Crippen molar-refractivity contribution in [2.24, 2.45) is 11.8 Å². The molecule has 3 heteroatoms. The first-order valence-electron chi connectivity index (χ1n) is 7.49. The first-order chi connectivity index (χ1) is 8.67. The van der Waals surface area contributed by atoms with E-state index in [1.807, 2.05) is 14.0 Å². The molecule has 0 aromatic rings. The number of hydrogen-bond acceptors (Lipinski definition) is 3. The van der Waals surface area contributed by atoms with Gasteiger partial charge in [-0.1, -0.05) is 19.3 Å². The zero-order valence-electron chi connectivity index (χ0n) is 11.9. The van der Waals surface area contributed by atoms with E-state index in [1.165, 1.54) is 45.2 Å². The minimum Gasteiger partial charge on any atom is -0.303 e.